The van der Waals surface area contributed by atoms with Gasteiger partial charge >= 0.3 is 6.18 Å². The topological polar surface area (TPSA) is 79.2 Å². The van der Waals surface area contributed by atoms with E-state index in [4.69, 9.17) is 19.5 Å². The van der Waals surface area contributed by atoms with Crippen molar-refractivity contribution in [2.24, 2.45) is 0 Å². The second-order valence-electron chi connectivity index (χ2n) is 7.86. The van der Waals surface area contributed by atoms with Gasteiger partial charge in [0.15, 0.2) is 11.5 Å². The molecule has 1 aliphatic rings. The van der Waals surface area contributed by atoms with Gasteiger partial charge in [0.05, 0.1) is 11.3 Å². The molecule has 2 heterocycles. The van der Waals surface area contributed by atoms with Gasteiger partial charge in [-0.3, -0.25) is 10.1 Å². The SMILES string of the molecule is C[C@@H](COO)Oc1cccc(/C=C/Cn2cc(C(F)(F)F)cc2C(=O)c2ccc3c(c2)OCO3)c1. The van der Waals surface area contributed by atoms with Crippen LogP contribution in [0.5, 0.6) is 17.2 Å². The maximum absolute atomic E-state index is 13.4. The second-order valence-corrected chi connectivity index (χ2v) is 7.86. The van der Waals surface area contributed by atoms with E-state index >= 15 is 0 Å². The Hall–Kier alpha value is -3.76. The lowest BCUT2D eigenvalue weighted by Crippen LogP contribution is -2.18. The number of alkyl halides is 3. The van der Waals surface area contributed by atoms with E-state index < -0.39 is 17.5 Å². The van der Waals surface area contributed by atoms with E-state index in [1.54, 1.807) is 49.4 Å². The summed E-state index contributed by atoms with van der Waals surface area (Å²) in [7, 11) is 0. The van der Waals surface area contributed by atoms with Crippen LogP contribution in [0.25, 0.3) is 6.08 Å². The van der Waals surface area contributed by atoms with Gasteiger partial charge in [-0.2, -0.15) is 13.2 Å². The molecule has 3 aromatic rings. The molecule has 2 aromatic carbocycles. The standard InChI is InChI=1S/C25H22F3NO6/c1-16(14-34-31)35-20-6-2-4-17(10-20)5-3-9-29-13-19(25(26,27)28)12-21(29)24(30)18-7-8-22-23(11-18)33-15-32-22/h2-8,10-13,16,31H,9,14-15H2,1H3/b5-3+/t16-/m0/s1. The Morgan fingerprint density at radius 1 is 1.17 bits per heavy atom. The van der Waals surface area contributed by atoms with E-state index in [2.05, 4.69) is 4.89 Å². The predicted octanol–water partition coefficient (Wildman–Crippen LogP) is 5.44. The number of benzene rings is 2. The minimum absolute atomic E-state index is 0.00455. The Morgan fingerprint density at radius 3 is 2.74 bits per heavy atom. The van der Waals surface area contributed by atoms with Crippen molar-refractivity contribution in [1.29, 1.82) is 0 Å². The number of allylic oxidation sites excluding steroid dienone is 1. The molecule has 0 unspecified atom stereocenters. The van der Waals surface area contributed by atoms with Crippen LogP contribution >= 0.6 is 0 Å². The van der Waals surface area contributed by atoms with Gasteiger partial charge in [-0.05, 0) is 48.9 Å². The molecule has 1 aromatic heterocycles. The summed E-state index contributed by atoms with van der Waals surface area (Å²) in [5.74, 6) is 0.811. The summed E-state index contributed by atoms with van der Waals surface area (Å²) in [4.78, 5) is 17.2. The predicted molar refractivity (Wildman–Crippen MR) is 120 cm³/mol. The number of fused-ring (bicyclic) bond motifs is 1. The van der Waals surface area contributed by atoms with E-state index in [0.29, 0.717) is 17.2 Å². The molecule has 4 rings (SSSR count). The van der Waals surface area contributed by atoms with Crippen molar-refractivity contribution in [1.82, 2.24) is 4.57 Å². The summed E-state index contributed by atoms with van der Waals surface area (Å²) in [6, 6.07) is 12.4. The van der Waals surface area contributed by atoms with Gasteiger partial charge in [0.2, 0.25) is 12.6 Å². The molecule has 7 nitrogen and oxygen atoms in total. The number of carbonyl (C=O) groups is 1. The Morgan fingerprint density at radius 2 is 1.97 bits per heavy atom. The highest BCUT2D eigenvalue weighted by Crippen LogP contribution is 2.35. The van der Waals surface area contributed by atoms with Crippen LogP contribution in [0.15, 0.2) is 60.8 Å². The number of hydrogen-bond donors (Lipinski definition) is 1. The van der Waals surface area contributed by atoms with E-state index in [1.165, 1.54) is 16.7 Å². The molecular formula is C25H22F3NO6. The maximum Gasteiger partial charge on any atom is 0.417 e. The number of ketones is 1. The molecule has 1 N–H and O–H groups in total. The number of rotatable bonds is 9. The van der Waals surface area contributed by atoms with Crippen molar-refractivity contribution in [2.45, 2.75) is 25.7 Å². The minimum atomic E-state index is -4.60. The van der Waals surface area contributed by atoms with Crippen LogP contribution in [-0.2, 0) is 17.6 Å². The second kappa shape index (κ2) is 10.2. The molecule has 0 aliphatic carbocycles. The smallest absolute Gasteiger partial charge is 0.417 e. The first-order valence-electron chi connectivity index (χ1n) is 10.7. The fourth-order valence-electron chi connectivity index (χ4n) is 3.56. The highest BCUT2D eigenvalue weighted by molar-refractivity contribution is 6.08. The summed E-state index contributed by atoms with van der Waals surface area (Å²) in [6.45, 7) is 1.77. The van der Waals surface area contributed by atoms with Crippen LogP contribution in [0.3, 0.4) is 0 Å². The Balaban J connectivity index is 1.55. The van der Waals surface area contributed by atoms with Gasteiger partial charge in [-0.25, -0.2) is 4.89 Å². The monoisotopic (exact) mass is 489 g/mol. The average Bonchev–Trinajstić information content (AvgIpc) is 3.45. The van der Waals surface area contributed by atoms with E-state index in [-0.39, 0.29) is 37.3 Å². The van der Waals surface area contributed by atoms with Gasteiger partial charge in [-0.1, -0.05) is 24.3 Å². The third-order valence-corrected chi connectivity index (χ3v) is 5.21. The molecule has 10 heteroatoms. The van der Waals surface area contributed by atoms with Gasteiger partial charge in [0.25, 0.3) is 0 Å². The molecule has 35 heavy (non-hydrogen) atoms. The van der Waals surface area contributed by atoms with Crippen LogP contribution < -0.4 is 14.2 Å². The fourth-order valence-corrected chi connectivity index (χ4v) is 3.56. The van der Waals surface area contributed by atoms with Crippen LogP contribution in [0.2, 0.25) is 0 Å². The van der Waals surface area contributed by atoms with Gasteiger partial charge < -0.3 is 18.8 Å². The summed E-state index contributed by atoms with van der Waals surface area (Å²) in [5.41, 5.74) is -0.0789. The van der Waals surface area contributed by atoms with Crippen molar-refractivity contribution in [3.8, 4) is 17.2 Å². The Labute approximate surface area is 198 Å². The molecule has 0 saturated heterocycles. The molecule has 0 spiro atoms. The molecule has 1 aliphatic heterocycles. The lowest BCUT2D eigenvalue weighted by atomic mass is 10.1. The van der Waals surface area contributed by atoms with Crippen LogP contribution in [0, 0.1) is 0 Å². The summed E-state index contributed by atoms with van der Waals surface area (Å²) >= 11 is 0. The molecule has 184 valence electrons. The Kier molecular flexibility index (Phi) is 7.13. The highest BCUT2D eigenvalue weighted by Gasteiger charge is 2.34. The number of nitrogens with zero attached hydrogens (tertiary/aromatic N) is 1. The fraction of sp³-hybridized carbons (Fsp3) is 0.240. The first-order valence-corrected chi connectivity index (χ1v) is 10.7. The molecule has 0 radical (unpaired) electrons. The summed E-state index contributed by atoms with van der Waals surface area (Å²) < 4.78 is 57.6. The largest absolute Gasteiger partial charge is 0.488 e. The van der Waals surface area contributed by atoms with E-state index in [9.17, 15) is 18.0 Å². The molecule has 0 fully saturated rings. The number of ether oxygens (including phenoxy) is 3. The van der Waals surface area contributed by atoms with Crippen molar-refractivity contribution in [3.63, 3.8) is 0 Å². The minimum Gasteiger partial charge on any atom is -0.488 e. The Bertz CT molecular complexity index is 1230. The van der Waals surface area contributed by atoms with Crippen molar-refractivity contribution < 1.29 is 42.3 Å². The summed E-state index contributed by atoms with van der Waals surface area (Å²) in [6.07, 6.45) is -0.706. The van der Waals surface area contributed by atoms with Gasteiger partial charge in [-0.15, -0.1) is 0 Å². The van der Waals surface area contributed by atoms with Crippen molar-refractivity contribution in [2.75, 3.05) is 13.4 Å². The molecule has 0 amide bonds. The lowest BCUT2D eigenvalue weighted by molar-refractivity contribution is -0.253. The van der Waals surface area contributed by atoms with Crippen LogP contribution in [0.4, 0.5) is 13.2 Å². The molecular weight excluding hydrogens is 467 g/mol. The lowest BCUT2D eigenvalue weighted by Gasteiger charge is -2.13. The van der Waals surface area contributed by atoms with Crippen molar-refractivity contribution >= 4 is 11.9 Å². The van der Waals surface area contributed by atoms with E-state index in [1.807, 2.05) is 0 Å². The zero-order chi connectivity index (χ0) is 25.0. The van der Waals surface area contributed by atoms with Crippen LogP contribution in [-0.4, -0.2) is 35.1 Å². The first kappa shape index (κ1) is 24.4. The van der Waals surface area contributed by atoms with Gasteiger partial charge in [0, 0.05) is 18.3 Å². The zero-order valence-electron chi connectivity index (χ0n) is 18.6. The molecule has 0 bridgehead atoms. The van der Waals surface area contributed by atoms with Crippen molar-refractivity contribution in [3.05, 3.63) is 83.2 Å². The number of carbonyl (C=O) groups excluding carboxylic acids is 1. The third kappa shape index (κ3) is 5.84. The van der Waals surface area contributed by atoms with Crippen LogP contribution in [0.1, 0.15) is 34.1 Å². The molecule has 1 atom stereocenters. The number of aromatic nitrogens is 1. The normalized spacial score (nSPS) is 13.9. The quantitative estimate of drug-likeness (QED) is 0.245. The summed E-state index contributed by atoms with van der Waals surface area (Å²) in [5, 5.41) is 8.52. The zero-order valence-corrected chi connectivity index (χ0v) is 18.6. The maximum atomic E-state index is 13.4. The van der Waals surface area contributed by atoms with Gasteiger partial charge in [0.1, 0.15) is 18.5 Å². The molecule has 0 saturated carbocycles. The van der Waals surface area contributed by atoms with E-state index in [0.717, 1.165) is 17.8 Å². The third-order valence-electron chi connectivity index (χ3n) is 5.21. The first-order chi connectivity index (χ1) is 16.7. The average molecular weight is 489 g/mol. The highest BCUT2D eigenvalue weighted by atomic mass is 19.4. The number of hydrogen-bond acceptors (Lipinski definition) is 6. The number of halogens is 3.